The summed E-state index contributed by atoms with van der Waals surface area (Å²) in [5, 5.41) is 14.1. The first-order valence-corrected chi connectivity index (χ1v) is 11.6. The predicted molar refractivity (Wildman–Crippen MR) is 111 cm³/mol. The normalized spacial score (nSPS) is 43.0. The van der Waals surface area contributed by atoms with Gasteiger partial charge in [0.2, 0.25) is 11.6 Å². The summed E-state index contributed by atoms with van der Waals surface area (Å²) in [6.45, 7) is 6.92. The van der Waals surface area contributed by atoms with E-state index in [0.29, 0.717) is 24.3 Å². The van der Waals surface area contributed by atoms with E-state index in [1.54, 1.807) is 0 Å². The van der Waals surface area contributed by atoms with Crippen LogP contribution in [0.25, 0.3) is 11.4 Å². The third-order valence-electron chi connectivity index (χ3n) is 8.07. The number of aromatic amines is 1. The molecular formula is C23H30N4O5. The molecule has 0 radical (unpaired) electrons. The summed E-state index contributed by atoms with van der Waals surface area (Å²) in [6.07, 6.45) is 3.22. The van der Waals surface area contributed by atoms with Crippen LogP contribution in [0, 0.1) is 23.7 Å². The third-order valence-corrected chi connectivity index (χ3v) is 8.07. The minimum atomic E-state index is -0.770. The zero-order chi connectivity index (χ0) is 21.9. The Morgan fingerprint density at radius 2 is 1.94 bits per heavy atom. The summed E-state index contributed by atoms with van der Waals surface area (Å²) in [5.41, 5.74) is 1.40. The van der Waals surface area contributed by atoms with Crippen LogP contribution in [-0.2, 0) is 30.6 Å². The van der Waals surface area contributed by atoms with Gasteiger partial charge in [-0.15, -0.1) is 10.2 Å². The Morgan fingerprint density at radius 1 is 1.09 bits per heavy atom. The van der Waals surface area contributed by atoms with E-state index < -0.39 is 17.7 Å². The Balaban J connectivity index is 1.21. The lowest BCUT2D eigenvalue weighted by Gasteiger charge is -2.60. The van der Waals surface area contributed by atoms with Crippen molar-refractivity contribution < 1.29 is 24.0 Å². The molecule has 1 aliphatic carbocycles. The average Bonchev–Trinajstić information content (AvgIpc) is 3.24. The van der Waals surface area contributed by atoms with Gasteiger partial charge in [-0.05, 0) is 48.8 Å². The molecule has 172 valence electrons. The standard InChI is InChI=1S/C23H30N4O5/c1-13-4-9-18-14(2)20(28-12-15-5-7-16(8-6-15)19-24-26-27-25-19)29-21-23(18)17(13)10-11-22(3,30-21)31-32-23/h5-8,13-14,17-18,20-21H,4,9-12H2,1-3H3,(H,24,25,26,27)/t13-,14-,17+,18+,20+,21-,22-,23-/m1/s1. The Morgan fingerprint density at radius 3 is 2.72 bits per heavy atom. The van der Waals surface area contributed by atoms with Crippen molar-refractivity contribution in [3.63, 3.8) is 0 Å². The molecule has 5 heterocycles. The molecule has 5 fully saturated rings. The van der Waals surface area contributed by atoms with Crippen LogP contribution in [-0.4, -0.2) is 44.6 Å². The Hall–Kier alpha value is -1.91. The first-order chi connectivity index (χ1) is 15.5. The van der Waals surface area contributed by atoms with E-state index in [0.717, 1.165) is 30.4 Å². The van der Waals surface area contributed by atoms with Gasteiger partial charge in [-0.2, -0.15) is 5.21 Å². The van der Waals surface area contributed by atoms with Crippen molar-refractivity contribution in [3.8, 4) is 11.4 Å². The number of tetrazole rings is 1. The predicted octanol–water partition coefficient (Wildman–Crippen LogP) is 3.59. The molecule has 2 aromatic rings. The summed E-state index contributed by atoms with van der Waals surface area (Å²) in [5.74, 6) is 1.13. The second-order valence-electron chi connectivity index (χ2n) is 10.0. The molecule has 0 unspecified atom stereocenters. The molecule has 1 spiro atoms. The number of aromatic nitrogens is 4. The smallest absolute Gasteiger partial charge is 0.204 e. The van der Waals surface area contributed by atoms with Crippen LogP contribution in [0.2, 0.25) is 0 Å². The fraction of sp³-hybridized carbons (Fsp3) is 0.696. The molecule has 4 aliphatic heterocycles. The molecule has 2 bridgehead atoms. The fourth-order valence-electron chi connectivity index (χ4n) is 6.28. The third kappa shape index (κ3) is 3.13. The maximum absolute atomic E-state index is 6.48. The highest BCUT2D eigenvalue weighted by molar-refractivity contribution is 5.53. The van der Waals surface area contributed by atoms with Crippen molar-refractivity contribution in [1.82, 2.24) is 20.6 Å². The van der Waals surface area contributed by atoms with E-state index in [-0.39, 0.29) is 18.1 Å². The van der Waals surface area contributed by atoms with Crippen LogP contribution in [0.5, 0.6) is 0 Å². The molecule has 0 amide bonds. The van der Waals surface area contributed by atoms with Crippen molar-refractivity contribution >= 4 is 0 Å². The second kappa shape index (κ2) is 7.56. The van der Waals surface area contributed by atoms with Crippen LogP contribution >= 0.6 is 0 Å². The second-order valence-corrected chi connectivity index (χ2v) is 10.0. The van der Waals surface area contributed by atoms with Gasteiger partial charge in [-0.25, -0.2) is 9.78 Å². The summed E-state index contributed by atoms with van der Waals surface area (Å²) in [7, 11) is 0. The van der Waals surface area contributed by atoms with Crippen LogP contribution in [0.15, 0.2) is 24.3 Å². The van der Waals surface area contributed by atoms with E-state index in [2.05, 4.69) is 34.5 Å². The van der Waals surface area contributed by atoms with E-state index >= 15 is 0 Å². The number of H-pyrrole nitrogens is 1. The summed E-state index contributed by atoms with van der Waals surface area (Å²) in [4.78, 5) is 12.1. The molecule has 8 atom stereocenters. The maximum Gasteiger partial charge on any atom is 0.204 e. The summed E-state index contributed by atoms with van der Waals surface area (Å²) >= 11 is 0. The average molecular weight is 443 g/mol. The molecule has 1 saturated carbocycles. The van der Waals surface area contributed by atoms with Crippen molar-refractivity contribution in [1.29, 1.82) is 0 Å². The quantitative estimate of drug-likeness (QED) is 0.717. The first kappa shape index (κ1) is 20.7. The van der Waals surface area contributed by atoms with Gasteiger partial charge in [-0.1, -0.05) is 38.1 Å². The largest absolute Gasteiger partial charge is 0.348 e. The number of nitrogens with zero attached hydrogens (tertiary/aromatic N) is 3. The number of benzene rings is 1. The van der Waals surface area contributed by atoms with Crippen molar-refractivity contribution in [3.05, 3.63) is 29.8 Å². The number of fused-ring (bicyclic) bond motifs is 2. The van der Waals surface area contributed by atoms with Gasteiger partial charge in [0.25, 0.3) is 0 Å². The maximum atomic E-state index is 6.48. The SMILES string of the molecule is C[C@H]1[C@@H](OCc2ccc(-c3nn[nH]n3)cc2)O[C@@H]2O[C@@]3(C)CC[C@H]4[C@H](C)CC[C@@H]1[C@@]24OO3. The molecule has 1 aromatic heterocycles. The van der Waals surface area contributed by atoms with Gasteiger partial charge in [0.15, 0.2) is 18.2 Å². The van der Waals surface area contributed by atoms with Crippen LogP contribution < -0.4 is 0 Å². The van der Waals surface area contributed by atoms with E-state index in [1.165, 1.54) is 6.42 Å². The number of hydrogen-bond acceptors (Lipinski definition) is 8. The molecule has 1 aromatic carbocycles. The summed E-state index contributed by atoms with van der Waals surface area (Å²) < 4.78 is 19.2. The summed E-state index contributed by atoms with van der Waals surface area (Å²) in [6, 6.07) is 7.97. The molecule has 32 heavy (non-hydrogen) atoms. The highest BCUT2D eigenvalue weighted by Crippen LogP contribution is 2.60. The number of rotatable bonds is 4. The molecule has 9 nitrogen and oxygen atoms in total. The van der Waals surface area contributed by atoms with E-state index in [1.807, 2.05) is 31.2 Å². The van der Waals surface area contributed by atoms with Gasteiger partial charge in [-0.3, -0.25) is 0 Å². The molecule has 4 saturated heterocycles. The van der Waals surface area contributed by atoms with Gasteiger partial charge in [0, 0.05) is 23.8 Å². The zero-order valence-corrected chi connectivity index (χ0v) is 18.7. The van der Waals surface area contributed by atoms with Gasteiger partial charge >= 0.3 is 0 Å². The lowest BCUT2D eigenvalue weighted by Crippen LogP contribution is -2.70. The Labute approximate surface area is 187 Å². The van der Waals surface area contributed by atoms with Crippen LogP contribution in [0.4, 0.5) is 0 Å². The monoisotopic (exact) mass is 442 g/mol. The molecule has 7 rings (SSSR count). The highest BCUT2D eigenvalue weighted by Gasteiger charge is 2.69. The minimum Gasteiger partial charge on any atom is -0.348 e. The molecule has 1 N–H and O–H groups in total. The van der Waals surface area contributed by atoms with Crippen LogP contribution in [0.1, 0.15) is 52.0 Å². The highest BCUT2D eigenvalue weighted by atomic mass is 17.3. The molecule has 5 aliphatic rings. The van der Waals surface area contributed by atoms with Gasteiger partial charge in [0.1, 0.15) is 0 Å². The van der Waals surface area contributed by atoms with Crippen LogP contribution in [0.3, 0.4) is 0 Å². The Kier molecular flexibility index (Phi) is 4.89. The van der Waals surface area contributed by atoms with E-state index in [9.17, 15) is 0 Å². The van der Waals surface area contributed by atoms with Gasteiger partial charge < -0.3 is 14.2 Å². The number of ether oxygens (including phenoxy) is 3. The van der Waals surface area contributed by atoms with Crippen molar-refractivity contribution in [2.45, 2.75) is 77.0 Å². The topological polar surface area (TPSA) is 101 Å². The van der Waals surface area contributed by atoms with Crippen molar-refractivity contribution in [2.24, 2.45) is 23.7 Å². The Bertz CT molecular complexity index is 956. The van der Waals surface area contributed by atoms with Gasteiger partial charge in [0.05, 0.1) is 6.61 Å². The van der Waals surface area contributed by atoms with Crippen molar-refractivity contribution in [2.75, 3.05) is 0 Å². The molecular weight excluding hydrogens is 412 g/mol. The minimum absolute atomic E-state index is 0.162. The van der Waals surface area contributed by atoms with E-state index in [4.69, 9.17) is 24.0 Å². The molecule has 9 heteroatoms. The first-order valence-electron chi connectivity index (χ1n) is 11.6. The number of nitrogens with one attached hydrogen (secondary N) is 1. The fourth-order valence-corrected chi connectivity index (χ4v) is 6.28. The zero-order valence-electron chi connectivity index (χ0n) is 18.7. The number of hydrogen-bond donors (Lipinski definition) is 1. The lowest BCUT2D eigenvalue weighted by molar-refractivity contribution is -0.577. The lowest BCUT2D eigenvalue weighted by atomic mass is 9.58.